The van der Waals surface area contributed by atoms with Crippen LogP contribution in [0.3, 0.4) is 0 Å². The molecule has 1 saturated carbocycles. The molecule has 1 atom stereocenters. The molecule has 1 aliphatic rings. The van der Waals surface area contributed by atoms with Gasteiger partial charge in [-0.25, -0.2) is 0 Å². The molecule has 1 heteroatoms. The zero-order valence-electron chi connectivity index (χ0n) is 8.74. The Morgan fingerprint density at radius 2 is 2.44 bits per heavy atom. The molecule has 52 valence electrons. The third-order valence-electron chi connectivity index (χ3n) is 1.95. The zero-order chi connectivity index (χ0) is 9.41. The van der Waals surface area contributed by atoms with Gasteiger partial charge >= 0.3 is 0 Å². The van der Waals surface area contributed by atoms with E-state index in [1.807, 2.05) is 0 Å². The maximum absolute atomic E-state index is 11.4. The van der Waals surface area contributed by atoms with Gasteiger partial charge in [-0.05, 0) is 12.8 Å². The Bertz CT molecular complexity index is 197. The molecule has 0 aromatic rings. The van der Waals surface area contributed by atoms with Crippen LogP contribution in [-0.2, 0) is 4.79 Å². The van der Waals surface area contributed by atoms with E-state index >= 15 is 0 Å². The van der Waals surface area contributed by atoms with Gasteiger partial charge < -0.3 is 0 Å². The van der Waals surface area contributed by atoms with Gasteiger partial charge in [-0.15, -0.1) is 0 Å². The molecule has 1 unspecified atom stereocenters. The standard InChI is InChI=1S/C8H14O/c1-8(2)6-4-3-5-7(8)9/h3-6H2,1-2H3/i1D3. The number of Topliss-reactive ketones (excluding diaryl/α,β-unsaturated/α-hetero) is 1. The van der Waals surface area contributed by atoms with Crippen molar-refractivity contribution in [1.29, 1.82) is 0 Å². The van der Waals surface area contributed by atoms with Crippen LogP contribution in [0.4, 0.5) is 0 Å². The summed E-state index contributed by atoms with van der Waals surface area (Å²) in [5, 5.41) is 0. The number of hydrogen-bond donors (Lipinski definition) is 0. The van der Waals surface area contributed by atoms with Gasteiger partial charge in [0.15, 0.2) is 0 Å². The van der Waals surface area contributed by atoms with Crippen LogP contribution in [0, 0.1) is 5.41 Å². The molecule has 1 aliphatic carbocycles. The molecule has 1 nitrogen and oxygen atoms in total. The van der Waals surface area contributed by atoms with Gasteiger partial charge in [0.2, 0.25) is 0 Å². The van der Waals surface area contributed by atoms with E-state index < -0.39 is 12.3 Å². The van der Waals surface area contributed by atoms with Crippen molar-refractivity contribution >= 4 is 5.78 Å². The first-order valence-corrected chi connectivity index (χ1v) is 3.41. The Hall–Kier alpha value is -0.330. The van der Waals surface area contributed by atoms with E-state index in [-0.39, 0.29) is 5.78 Å². The van der Waals surface area contributed by atoms with Gasteiger partial charge in [0.25, 0.3) is 0 Å². The first-order chi connectivity index (χ1) is 5.38. The Morgan fingerprint density at radius 1 is 1.67 bits per heavy atom. The molecule has 0 aromatic heterocycles. The molecule has 0 radical (unpaired) electrons. The highest BCUT2D eigenvalue weighted by atomic mass is 16.1. The molecule has 0 saturated heterocycles. The molecule has 1 rings (SSSR count). The molecule has 0 spiro atoms. The summed E-state index contributed by atoms with van der Waals surface area (Å²) in [5.74, 6) is -0.0891. The molecule has 0 bridgehead atoms. The van der Waals surface area contributed by atoms with Crippen molar-refractivity contribution in [3.8, 4) is 0 Å². The summed E-state index contributed by atoms with van der Waals surface area (Å²) >= 11 is 0. The third-order valence-corrected chi connectivity index (χ3v) is 1.95. The minimum Gasteiger partial charge on any atom is -0.299 e. The Morgan fingerprint density at radius 3 is 2.89 bits per heavy atom. The van der Waals surface area contributed by atoms with Crippen LogP contribution in [0.5, 0.6) is 0 Å². The maximum atomic E-state index is 11.4. The molecule has 0 amide bonds. The molecule has 0 heterocycles. The van der Waals surface area contributed by atoms with E-state index in [0.29, 0.717) is 12.8 Å². The number of ketones is 1. The molecule has 0 aromatic carbocycles. The molecular formula is C8H14O. The van der Waals surface area contributed by atoms with Crippen molar-refractivity contribution in [1.82, 2.24) is 0 Å². The van der Waals surface area contributed by atoms with Crippen LogP contribution >= 0.6 is 0 Å². The smallest absolute Gasteiger partial charge is 0.138 e. The van der Waals surface area contributed by atoms with Gasteiger partial charge in [-0.1, -0.05) is 20.2 Å². The van der Waals surface area contributed by atoms with E-state index in [0.717, 1.165) is 12.8 Å². The van der Waals surface area contributed by atoms with Crippen molar-refractivity contribution in [2.75, 3.05) is 0 Å². The summed E-state index contributed by atoms with van der Waals surface area (Å²) in [4.78, 5) is 11.4. The largest absolute Gasteiger partial charge is 0.299 e. The number of carbonyl (C=O) groups is 1. The summed E-state index contributed by atoms with van der Waals surface area (Å²) < 4.78 is 21.8. The summed E-state index contributed by atoms with van der Waals surface area (Å²) in [6.07, 6.45) is 2.67. The van der Waals surface area contributed by atoms with Crippen LogP contribution in [0.2, 0.25) is 0 Å². The van der Waals surface area contributed by atoms with Gasteiger partial charge in [-0.3, -0.25) is 4.79 Å². The lowest BCUT2D eigenvalue weighted by molar-refractivity contribution is -0.129. The van der Waals surface area contributed by atoms with Crippen molar-refractivity contribution in [2.24, 2.45) is 5.41 Å². The second-order valence-electron chi connectivity index (χ2n) is 2.96. The van der Waals surface area contributed by atoms with Gasteiger partial charge in [0.1, 0.15) is 5.78 Å². The fraction of sp³-hybridized carbons (Fsp3) is 0.875. The predicted octanol–water partition coefficient (Wildman–Crippen LogP) is 2.16. The summed E-state index contributed by atoms with van der Waals surface area (Å²) in [5.41, 5.74) is -1.06. The fourth-order valence-corrected chi connectivity index (χ4v) is 1.18. The van der Waals surface area contributed by atoms with Crippen molar-refractivity contribution in [2.45, 2.75) is 39.5 Å². The predicted molar refractivity (Wildman–Crippen MR) is 37.3 cm³/mol. The lowest BCUT2D eigenvalue weighted by Crippen LogP contribution is -2.27. The van der Waals surface area contributed by atoms with Gasteiger partial charge in [-0.2, -0.15) is 0 Å². The van der Waals surface area contributed by atoms with E-state index in [2.05, 4.69) is 0 Å². The second-order valence-corrected chi connectivity index (χ2v) is 2.96. The Kier molecular flexibility index (Phi) is 0.885. The summed E-state index contributed by atoms with van der Waals surface area (Å²) in [6.45, 7) is -0.550. The number of rotatable bonds is 0. The highest BCUT2D eigenvalue weighted by molar-refractivity contribution is 5.84. The SMILES string of the molecule is [2H]C([2H])([2H])C1(C)CCCCC1=O. The number of hydrogen-bond acceptors (Lipinski definition) is 1. The lowest BCUT2D eigenvalue weighted by atomic mass is 9.76. The average molecular weight is 129 g/mol. The van der Waals surface area contributed by atoms with E-state index in [1.54, 1.807) is 6.92 Å². The van der Waals surface area contributed by atoms with Gasteiger partial charge in [0.05, 0.1) is 0 Å². The normalized spacial score (nSPS) is 43.2. The van der Waals surface area contributed by atoms with Crippen LogP contribution in [0.1, 0.15) is 43.6 Å². The topological polar surface area (TPSA) is 17.1 Å². The van der Waals surface area contributed by atoms with Crippen molar-refractivity contribution in [3.63, 3.8) is 0 Å². The second kappa shape index (κ2) is 2.13. The van der Waals surface area contributed by atoms with Crippen LogP contribution in [-0.4, -0.2) is 5.78 Å². The molecule has 0 aliphatic heterocycles. The average Bonchev–Trinajstić information content (AvgIpc) is 1.93. The highest BCUT2D eigenvalue weighted by Gasteiger charge is 2.29. The zero-order valence-corrected chi connectivity index (χ0v) is 5.74. The lowest BCUT2D eigenvalue weighted by Gasteiger charge is -2.27. The van der Waals surface area contributed by atoms with Crippen molar-refractivity contribution in [3.05, 3.63) is 0 Å². The van der Waals surface area contributed by atoms with E-state index in [4.69, 9.17) is 4.11 Å². The van der Waals surface area contributed by atoms with E-state index in [1.165, 1.54) is 0 Å². The monoisotopic (exact) mass is 129 g/mol. The fourth-order valence-electron chi connectivity index (χ4n) is 1.18. The first-order valence-electron chi connectivity index (χ1n) is 4.91. The quantitative estimate of drug-likeness (QED) is 0.490. The minimum atomic E-state index is -2.12. The Labute approximate surface area is 60.7 Å². The minimum absolute atomic E-state index is 0.0891. The van der Waals surface area contributed by atoms with Crippen LogP contribution in [0.25, 0.3) is 0 Å². The third kappa shape index (κ3) is 1.32. The highest BCUT2D eigenvalue weighted by Crippen LogP contribution is 2.31. The Balaban J connectivity index is 2.87. The van der Waals surface area contributed by atoms with Crippen LogP contribution in [0.15, 0.2) is 0 Å². The number of carbonyl (C=O) groups excluding carboxylic acids is 1. The van der Waals surface area contributed by atoms with Crippen molar-refractivity contribution < 1.29 is 8.91 Å². The maximum Gasteiger partial charge on any atom is 0.138 e. The van der Waals surface area contributed by atoms with Gasteiger partial charge in [0, 0.05) is 15.9 Å². The summed E-state index contributed by atoms with van der Waals surface area (Å²) in [6, 6.07) is 0. The van der Waals surface area contributed by atoms with E-state index in [9.17, 15) is 4.79 Å². The first kappa shape index (κ1) is 3.75. The molecular weight excluding hydrogens is 112 g/mol. The molecule has 0 N–H and O–H groups in total. The summed E-state index contributed by atoms with van der Waals surface area (Å²) in [7, 11) is 0. The molecule has 1 fully saturated rings. The molecule has 9 heavy (non-hydrogen) atoms. The van der Waals surface area contributed by atoms with Crippen LogP contribution < -0.4 is 0 Å².